The Labute approximate surface area is 96.6 Å². The van der Waals surface area contributed by atoms with E-state index in [1.165, 1.54) is 27.2 Å². The molecular formula is C12H11FO4. The van der Waals surface area contributed by atoms with E-state index in [1.807, 2.05) is 0 Å². The molecule has 5 heteroatoms. The first kappa shape index (κ1) is 11.4. The Bertz CT molecular complexity index is 630. The van der Waals surface area contributed by atoms with Crippen molar-refractivity contribution in [3.8, 4) is 11.5 Å². The summed E-state index contributed by atoms with van der Waals surface area (Å²) in [5, 5.41) is 0.436. The zero-order valence-corrected chi connectivity index (χ0v) is 9.67. The van der Waals surface area contributed by atoms with Crippen LogP contribution in [0.15, 0.2) is 21.3 Å². The van der Waals surface area contributed by atoms with Crippen LogP contribution in [0.3, 0.4) is 0 Å². The summed E-state index contributed by atoms with van der Waals surface area (Å²) < 4.78 is 28.5. The summed E-state index contributed by atoms with van der Waals surface area (Å²) in [4.78, 5) is 11.2. The summed E-state index contributed by atoms with van der Waals surface area (Å²) >= 11 is 0. The highest BCUT2D eigenvalue weighted by molar-refractivity contribution is 5.88. The average Bonchev–Trinajstić information content (AvgIpc) is 2.34. The molecule has 0 amide bonds. The van der Waals surface area contributed by atoms with Gasteiger partial charge >= 0.3 is 5.63 Å². The van der Waals surface area contributed by atoms with Crippen molar-refractivity contribution < 1.29 is 18.3 Å². The second kappa shape index (κ2) is 4.08. The minimum absolute atomic E-state index is 0.204. The van der Waals surface area contributed by atoms with Crippen LogP contribution in [0.5, 0.6) is 11.5 Å². The van der Waals surface area contributed by atoms with Gasteiger partial charge < -0.3 is 13.9 Å². The van der Waals surface area contributed by atoms with Gasteiger partial charge in [0.1, 0.15) is 17.1 Å². The highest BCUT2D eigenvalue weighted by atomic mass is 19.1. The Hall–Kier alpha value is -2.04. The Morgan fingerprint density at radius 2 is 1.94 bits per heavy atom. The number of methoxy groups -OCH3 is 2. The number of ether oxygens (including phenoxy) is 2. The number of aryl methyl sites for hydroxylation is 1. The molecule has 90 valence electrons. The Balaban J connectivity index is 2.94. The second-order valence-electron chi connectivity index (χ2n) is 3.53. The lowest BCUT2D eigenvalue weighted by molar-refractivity contribution is 0.394. The summed E-state index contributed by atoms with van der Waals surface area (Å²) in [6, 6.07) is 3.13. The smallest absolute Gasteiger partial charge is 0.372 e. The van der Waals surface area contributed by atoms with Crippen molar-refractivity contribution in [1.82, 2.24) is 0 Å². The topological polar surface area (TPSA) is 48.7 Å². The molecule has 2 rings (SSSR count). The Morgan fingerprint density at radius 1 is 1.24 bits per heavy atom. The van der Waals surface area contributed by atoms with Crippen molar-refractivity contribution in [2.24, 2.45) is 0 Å². The van der Waals surface area contributed by atoms with Gasteiger partial charge in [0, 0.05) is 17.7 Å². The van der Waals surface area contributed by atoms with E-state index in [4.69, 9.17) is 13.9 Å². The molecule has 1 aromatic heterocycles. The molecule has 4 nitrogen and oxygen atoms in total. The van der Waals surface area contributed by atoms with Crippen LogP contribution in [-0.4, -0.2) is 14.2 Å². The molecule has 1 heterocycles. The van der Waals surface area contributed by atoms with Gasteiger partial charge in [0.2, 0.25) is 5.82 Å². The lowest BCUT2D eigenvalue weighted by Crippen LogP contribution is -2.07. The van der Waals surface area contributed by atoms with Crippen LogP contribution in [0.4, 0.5) is 4.39 Å². The predicted octanol–water partition coefficient (Wildman–Crippen LogP) is 2.26. The van der Waals surface area contributed by atoms with Crippen LogP contribution in [0.1, 0.15) is 5.56 Å². The van der Waals surface area contributed by atoms with Gasteiger partial charge in [-0.1, -0.05) is 0 Å². The van der Waals surface area contributed by atoms with Gasteiger partial charge in [-0.2, -0.15) is 4.39 Å². The van der Waals surface area contributed by atoms with Gasteiger partial charge in [-0.3, -0.25) is 0 Å². The SMILES string of the molecule is COc1cc(OC)c2c(C)c(F)c(=O)oc2c1. The third kappa shape index (κ3) is 1.73. The molecule has 0 aliphatic heterocycles. The first-order chi connectivity index (χ1) is 8.08. The number of fused-ring (bicyclic) bond motifs is 1. The quantitative estimate of drug-likeness (QED) is 0.753. The minimum Gasteiger partial charge on any atom is -0.496 e. The third-order valence-electron chi connectivity index (χ3n) is 2.58. The molecule has 0 radical (unpaired) electrons. The highest BCUT2D eigenvalue weighted by Gasteiger charge is 2.16. The van der Waals surface area contributed by atoms with Gasteiger partial charge in [-0.15, -0.1) is 0 Å². The number of hydrogen-bond acceptors (Lipinski definition) is 4. The molecule has 2 aromatic rings. The van der Waals surface area contributed by atoms with Crippen LogP contribution in [-0.2, 0) is 0 Å². The van der Waals surface area contributed by atoms with Crippen molar-refractivity contribution >= 4 is 11.0 Å². The summed E-state index contributed by atoms with van der Waals surface area (Å²) in [7, 11) is 2.94. The first-order valence-electron chi connectivity index (χ1n) is 4.93. The maximum Gasteiger partial charge on any atom is 0.372 e. The second-order valence-corrected chi connectivity index (χ2v) is 3.53. The maximum absolute atomic E-state index is 13.5. The van der Waals surface area contributed by atoms with E-state index in [1.54, 1.807) is 6.07 Å². The zero-order chi connectivity index (χ0) is 12.6. The molecule has 17 heavy (non-hydrogen) atoms. The molecule has 0 bridgehead atoms. The van der Waals surface area contributed by atoms with Crippen molar-refractivity contribution in [1.29, 1.82) is 0 Å². The zero-order valence-electron chi connectivity index (χ0n) is 9.67. The first-order valence-corrected chi connectivity index (χ1v) is 4.93. The molecule has 0 aliphatic rings. The van der Waals surface area contributed by atoms with E-state index in [0.29, 0.717) is 16.9 Å². The van der Waals surface area contributed by atoms with Crippen LogP contribution < -0.4 is 15.1 Å². The highest BCUT2D eigenvalue weighted by Crippen LogP contribution is 2.33. The number of rotatable bonds is 2. The van der Waals surface area contributed by atoms with Crippen molar-refractivity contribution in [3.63, 3.8) is 0 Å². The van der Waals surface area contributed by atoms with Crippen molar-refractivity contribution in [2.75, 3.05) is 14.2 Å². The molecule has 0 atom stereocenters. The molecule has 0 saturated heterocycles. The van der Waals surface area contributed by atoms with Crippen molar-refractivity contribution in [3.05, 3.63) is 33.9 Å². The summed E-state index contributed by atoms with van der Waals surface area (Å²) in [6.45, 7) is 1.50. The van der Waals surface area contributed by atoms with Crippen LogP contribution >= 0.6 is 0 Å². The van der Waals surface area contributed by atoms with Gasteiger partial charge in [0.15, 0.2) is 0 Å². The predicted molar refractivity (Wildman–Crippen MR) is 60.3 cm³/mol. The van der Waals surface area contributed by atoms with E-state index in [0.717, 1.165) is 0 Å². The summed E-state index contributed by atoms with van der Waals surface area (Å²) in [6.07, 6.45) is 0. The fraction of sp³-hybridized carbons (Fsp3) is 0.250. The van der Waals surface area contributed by atoms with E-state index in [2.05, 4.69) is 0 Å². The number of hydrogen-bond donors (Lipinski definition) is 0. The molecule has 0 aliphatic carbocycles. The fourth-order valence-electron chi connectivity index (χ4n) is 1.70. The Morgan fingerprint density at radius 3 is 2.53 bits per heavy atom. The number of halogens is 1. The normalized spacial score (nSPS) is 10.6. The Kier molecular flexibility index (Phi) is 2.75. The maximum atomic E-state index is 13.5. The molecule has 0 spiro atoms. The lowest BCUT2D eigenvalue weighted by atomic mass is 10.1. The van der Waals surface area contributed by atoms with Gasteiger partial charge in [0.05, 0.1) is 19.6 Å². The molecule has 0 unspecified atom stereocenters. The minimum atomic E-state index is -0.995. The molecular weight excluding hydrogens is 227 g/mol. The van der Waals surface area contributed by atoms with E-state index >= 15 is 0 Å². The van der Waals surface area contributed by atoms with E-state index in [9.17, 15) is 9.18 Å². The van der Waals surface area contributed by atoms with Gasteiger partial charge in [-0.25, -0.2) is 4.79 Å². The number of benzene rings is 1. The molecule has 1 aromatic carbocycles. The monoisotopic (exact) mass is 238 g/mol. The van der Waals surface area contributed by atoms with E-state index in [-0.39, 0.29) is 11.1 Å². The van der Waals surface area contributed by atoms with Crippen LogP contribution in [0.2, 0.25) is 0 Å². The average molecular weight is 238 g/mol. The van der Waals surface area contributed by atoms with Gasteiger partial charge in [-0.05, 0) is 6.92 Å². The van der Waals surface area contributed by atoms with Crippen molar-refractivity contribution in [2.45, 2.75) is 6.92 Å². The molecule has 0 fully saturated rings. The summed E-state index contributed by atoms with van der Waals surface area (Å²) in [5.74, 6) is -0.0241. The van der Waals surface area contributed by atoms with Gasteiger partial charge in [0.25, 0.3) is 0 Å². The van der Waals surface area contributed by atoms with E-state index < -0.39 is 11.4 Å². The standard InChI is InChI=1S/C12H11FO4/c1-6-10-8(16-3)4-7(15-2)5-9(10)17-12(14)11(6)13/h4-5H,1-3H3. The van der Waals surface area contributed by atoms with Crippen LogP contribution in [0.25, 0.3) is 11.0 Å². The molecule has 0 N–H and O–H groups in total. The fourth-order valence-corrected chi connectivity index (χ4v) is 1.70. The third-order valence-corrected chi connectivity index (χ3v) is 2.58. The largest absolute Gasteiger partial charge is 0.496 e. The summed E-state index contributed by atoms with van der Waals surface area (Å²) in [5.41, 5.74) is -0.550. The lowest BCUT2D eigenvalue weighted by Gasteiger charge is -2.09. The molecule has 0 saturated carbocycles. The van der Waals surface area contributed by atoms with Crippen LogP contribution in [0, 0.1) is 12.7 Å².